The normalized spacial score (nSPS) is 20.1. The van der Waals surface area contributed by atoms with Gasteiger partial charge in [0.25, 0.3) is 0 Å². The Hall–Kier alpha value is -0.900. The molecule has 0 saturated heterocycles. The summed E-state index contributed by atoms with van der Waals surface area (Å²) in [5.74, 6) is 0.126. The van der Waals surface area contributed by atoms with Gasteiger partial charge in [-0.1, -0.05) is 13.8 Å². The van der Waals surface area contributed by atoms with E-state index in [-0.39, 0.29) is 5.01 Å². The molecule has 1 N–H and O–H groups in total. The molecule has 1 aliphatic carbocycles. The van der Waals surface area contributed by atoms with Gasteiger partial charge in [0.15, 0.2) is 0 Å². The highest BCUT2D eigenvalue weighted by atomic mass is 32.1. The van der Waals surface area contributed by atoms with E-state index in [0.717, 1.165) is 18.5 Å². The number of aromatic nitrogens is 1. The van der Waals surface area contributed by atoms with Crippen LogP contribution in [0.2, 0.25) is 0 Å². The molecule has 1 unspecified atom stereocenters. The van der Waals surface area contributed by atoms with Crippen molar-refractivity contribution in [1.29, 1.82) is 0 Å². The summed E-state index contributed by atoms with van der Waals surface area (Å²) in [5.41, 5.74) is 1.04. The Bertz CT molecular complexity index is 370. The van der Waals surface area contributed by atoms with Crippen LogP contribution >= 0.6 is 11.3 Å². The Morgan fingerprint density at radius 1 is 1.64 bits per heavy atom. The summed E-state index contributed by atoms with van der Waals surface area (Å²) in [6, 6.07) is 0. The molecule has 76 valence electrons. The van der Waals surface area contributed by atoms with Crippen molar-refractivity contribution in [1.82, 2.24) is 4.98 Å². The van der Waals surface area contributed by atoms with Gasteiger partial charge >= 0.3 is 5.97 Å². The fourth-order valence-electron chi connectivity index (χ4n) is 2.00. The molecule has 0 spiro atoms. The average Bonchev–Trinajstić information content (AvgIpc) is 2.58. The van der Waals surface area contributed by atoms with Gasteiger partial charge in [-0.3, -0.25) is 0 Å². The molecule has 1 aromatic rings. The molecular formula is C10H13NO2S. The maximum absolute atomic E-state index is 10.7. The van der Waals surface area contributed by atoms with Crippen molar-refractivity contribution < 1.29 is 9.90 Å². The second-order valence-corrected chi connectivity index (χ2v) is 5.11. The predicted octanol–water partition coefficient (Wildman–Crippen LogP) is 2.53. The smallest absolute Gasteiger partial charge is 0.365 e. The van der Waals surface area contributed by atoms with Crippen LogP contribution in [0.5, 0.6) is 0 Å². The maximum Gasteiger partial charge on any atom is 0.365 e. The third-order valence-electron chi connectivity index (χ3n) is 2.75. The zero-order valence-electron chi connectivity index (χ0n) is 8.28. The lowest BCUT2D eigenvalue weighted by molar-refractivity contribution is 0.0696. The second kappa shape index (κ2) is 3.35. The minimum Gasteiger partial charge on any atom is -0.476 e. The SMILES string of the molecule is CC(C)C1CCc2sc(C(=O)O)nc21. The first-order valence-electron chi connectivity index (χ1n) is 4.82. The van der Waals surface area contributed by atoms with E-state index in [4.69, 9.17) is 5.11 Å². The lowest BCUT2D eigenvalue weighted by Crippen LogP contribution is -2.04. The molecule has 0 bridgehead atoms. The zero-order chi connectivity index (χ0) is 10.3. The van der Waals surface area contributed by atoms with E-state index >= 15 is 0 Å². The number of hydrogen-bond donors (Lipinski definition) is 1. The van der Waals surface area contributed by atoms with Crippen LogP contribution in [-0.2, 0) is 6.42 Å². The standard InChI is InChI=1S/C10H13NO2S/c1-5(2)6-3-4-7-8(6)11-9(14-7)10(12)13/h5-6H,3-4H2,1-2H3,(H,12,13). The van der Waals surface area contributed by atoms with E-state index in [2.05, 4.69) is 18.8 Å². The molecule has 0 aromatic carbocycles. The Kier molecular flexibility index (Phi) is 2.31. The molecule has 0 amide bonds. The highest BCUT2D eigenvalue weighted by molar-refractivity contribution is 7.13. The van der Waals surface area contributed by atoms with E-state index in [1.165, 1.54) is 16.2 Å². The number of aromatic carboxylic acids is 1. The molecule has 3 nitrogen and oxygen atoms in total. The first kappa shape index (κ1) is 9.65. The van der Waals surface area contributed by atoms with Gasteiger partial charge in [0, 0.05) is 10.8 Å². The van der Waals surface area contributed by atoms with Crippen molar-refractivity contribution in [2.45, 2.75) is 32.6 Å². The molecule has 1 aliphatic rings. The monoisotopic (exact) mass is 211 g/mol. The highest BCUT2D eigenvalue weighted by Gasteiger charge is 2.30. The Morgan fingerprint density at radius 3 is 2.93 bits per heavy atom. The number of carboxylic acid groups (broad SMARTS) is 1. The van der Waals surface area contributed by atoms with Crippen LogP contribution in [0.15, 0.2) is 0 Å². The van der Waals surface area contributed by atoms with Crippen molar-refractivity contribution in [3.63, 3.8) is 0 Å². The molecule has 1 atom stereocenters. The maximum atomic E-state index is 10.7. The first-order valence-corrected chi connectivity index (χ1v) is 5.64. The van der Waals surface area contributed by atoms with Crippen LogP contribution in [0.25, 0.3) is 0 Å². The summed E-state index contributed by atoms with van der Waals surface area (Å²) in [5, 5.41) is 9.07. The van der Waals surface area contributed by atoms with E-state index < -0.39 is 5.97 Å². The Morgan fingerprint density at radius 2 is 2.36 bits per heavy atom. The van der Waals surface area contributed by atoms with E-state index in [1.54, 1.807) is 0 Å². The van der Waals surface area contributed by atoms with Gasteiger partial charge in [-0.2, -0.15) is 0 Å². The summed E-state index contributed by atoms with van der Waals surface area (Å²) in [6.45, 7) is 4.33. The number of fused-ring (bicyclic) bond motifs is 1. The molecule has 14 heavy (non-hydrogen) atoms. The second-order valence-electron chi connectivity index (χ2n) is 4.02. The average molecular weight is 211 g/mol. The van der Waals surface area contributed by atoms with Crippen molar-refractivity contribution in [2.75, 3.05) is 0 Å². The molecule has 0 aliphatic heterocycles. The molecule has 0 saturated carbocycles. The van der Waals surface area contributed by atoms with Crippen LogP contribution in [0.1, 0.15) is 46.6 Å². The van der Waals surface area contributed by atoms with Crippen LogP contribution in [-0.4, -0.2) is 16.1 Å². The van der Waals surface area contributed by atoms with Gasteiger partial charge in [0.05, 0.1) is 5.69 Å². The van der Waals surface area contributed by atoms with Crippen LogP contribution in [0, 0.1) is 5.92 Å². The van der Waals surface area contributed by atoms with Gasteiger partial charge in [-0.05, 0) is 18.8 Å². The summed E-state index contributed by atoms with van der Waals surface area (Å²) >= 11 is 1.34. The van der Waals surface area contributed by atoms with Crippen molar-refractivity contribution in [3.8, 4) is 0 Å². The number of nitrogens with zero attached hydrogens (tertiary/aromatic N) is 1. The van der Waals surface area contributed by atoms with Crippen LogP contribution in [0.4, 0.5) is 0 Å². The van der Waals surface area contributed by atoms with Gasteiger partial charge in [0.2, 0.25) is 5.01 Å². The number of aryl methyl sites for hydroxylation is 1. The van der Waals surface area contributed by atoms with Gasteiger partial charge in [0.1, 0.15) is 0 Å². The molecule has 0 radical (unpaired) electrons. The Balaban J connectivity index is 2.35. The summed E-state index contributed by atoms with van der Waals surface area (Å²) in [7, 11) is 0. The van der Waals surface area contributed by atoms with E-state index in [9.17, 15) is 4.79 Å². The quantitative estimate of drug-likeness (QED) is 0.817. The minimum absolute atomic E-state index is 0.250. The third-order valence-corrected chi connectivity index (χ3v) is 3.87. The predicted molar refractivity (Wildman–Crippen MR) is 55.0 cm³/mol. The fourth-order valence-corrected chi connectivity index (χ4v) is 2.98. The third kappa shape index (κ3) is 1.43. The number of carbonyl (C=O) groups is 1. The van der Waals surface area contributed by atoms with E-state index in [1.807, 2.05) is 0 Å². The first-order chi connectivity index (χ1) is 6.59. The molecular weight excluding hydrogens is 198 g/mol. The minimum atomic E-state index is -0.896. The topological polar surface area (TPSA) is 50.2 Å². The number of hydrogen-bond acceptors (Lipinski definition) is 3. The van der Waals surface area contributed by atoms with Gasteiger partial charge < -0.3 is 5.11 Å². The summed E-state index contributed by atoms with van der Waals surface area (Å²) < 4.78 is 0. The summed E-state index contributed by atoms with van der Waals surface area (Å²) in [4.78, 5) is 16.1. The van der Waals surface area contributed by atoms with Crippen molar-refractivity contribution in [3.05, 3.63) is 15.6 Å². The molecule has 1 aromatic heterocycles. The molecule has 1 heterocycles. The molecule has 2 rings (SSSR count). The van der Waals surface area contributed by atoms with Crippen LogP contribution < -0.4 is 0 Å². The molecule has 4 heteroatoms. The molecule has 0 fully saturated rings. The lowest BCUT2D eigenvalue weighted by Gasteiger charge is -2.12. The van der Waals surface area contributed by atoms with Crippen LogP contribution in [0.3, 0.4) is 0 Å². The Labute approximate surface area is 86.8 Å². The van der Waals surface area contributed by atoms with Crippen molar-refractivity contribution >= 4 is 17.3 Å². The number of thiazole rings is 1. The largest absolute Gasteiger partial charge is 0.476 e. The summed E-state index contributed by atoms with van der Waals surface area (Å²) in [6.07, 6.45) is 2.13. The van der Waals surface area contributed by atoms with Gasteiger partial charge in [-0.15, -0.1) is 11.3 Å². The lowest BCUT2D eigenvalue weighted by atomic mass is 9.94. The number of rotatable bonds is 2. The number of carboxylic acids is 1. The van der Waals surface area contributed by atoms with E-state index in [0.29, 0.717) is 11.8 Å². The van der Waals surface area contributed by atoms with Gasteiger partial charge in [-0.25, -0.2) is 9.78 Å². The highest BCUT2D eigenvalue weighted by Crippen LogP contribution is 2.40. The fraction of sp³-hybridized carbons (Fsp3) is 0.600. The van der Waals surface area contributed by atoms with Crippen molar-refractivity contribution in [2.24, 2.45) is 5.92 Å². The zero-order valence-corrected chi connectivity index (χ0v) is 9.10.